The number of rotatable bonds is 0. The van der Waals surface area contributed by atoms with Gasteiger partial charge in [-0.15, -0.1) is 0 Å². The van der Waals surface area contributed by atoms with Gasteiger partial charge in [-0.05, 0) is 18.1 Å². The van der Waals surface area contributed by atoms with Crippen LogP contribution in [-0.4, -0.2) is 0 Å². The first-order chi connectivity index (χ1) is 6.29. The maximum absolute atomic E-state index is 5.36. The van der Waals surface area contributed by atoms with E-state index in [4.69, 9.17) is 5.73 Å². The van der Waals surface area contributed by atoms with Gasteiger partial charge < -0.3 is 5.73 Å². The van der Waals surface area contributed by atoms with E-state index in [9.17, 15) is 0 Å². The third-order valence-electron chi connectivity index (χ3n) is 2.44. The first kappa shape index (κ1) is 10.1. The quantitative estimate of drug-likeness (QED) is 0.603. The van der Waals surface area contributed by atoms with Crippen molar-refractivity contribution in [3.05, 3.63) is 30.3 Å². The lowest BCUT2D eigenvalue weighted by atomic mass is 10.2. The molecule has 0 heterocycles. The van der Waals surface area contributed by atoms with Crippen LogP contribution in [0.3, 0.4) is 0 Å². The number of nitrogen functional groups attached to an aromatic ring is 1. The predicted molar refractivity (Wildman–Crippen MR) is 58.5 cm³/mol. The highest BCUT2D eigenvalue weighted by atomic mass is 14.5. The second kappa shape index (κ2) is 5.63. The fraction of sp³-hybridized carbons (Fsp3) is 0.500. The summed E-state index contributed by atoms with van der Waals surface area (Å²) in [6.07, 6.45) is 5.95. The maximum Gasteiger partial charge on any atom is 0.0313 e. The predicted octanol–water partition coefficient (Wildman–Crippen LogP) is 3.47. The molecule has 1 aromatic rings. The van der Waals surface area contributed by atoms with Gasteiger partial charge >= 0.3 is 0 Å². The van der Waals surface area contributed by atoms with Crippen LogP contribution in [0.4, 0.5) is 5.69 Å². The molecular formula is C12H19N. The van der Waals surface area contributed by atoms with Crippen molar-refractivity contribution in [3.8, 4) is 0 Å². The van der Waals surface area contributed by atoms with Gasteiger partial charge in [0.1, 0.15) is 0 Å². The molecule has 1 aromatic carbocycles. The molecule has 0 aromatic heterocycles. The average molecular weight is 177 g/mol. The van der Waals surface area contributed by atoms with E-state index in [-0.39, 0.29) is 0 Å². The first-order valence-corrected chi connectivity index (χ1v) is 5.09. The summed E-state index contributed by atoms with van der Waals surface area (Å²) in [6, 6.07) is 9.49. The molecule has 1 aliphatic carbocycles. The second-order valence-electron chi connectivity index (χ2n) is 3.80. The summed E-state index contributed by atoms with van der Waals surface area (Å²) in [7, 11) is 0. The molecule has 2 rings (SSSR count). The van der Waals surface area contributed by atoms with Crippen LogP contribution in [0.2, 0.25) is 0 Å². The molecule has 1 nitrogen and oxygen atoms in total. The van der Waals surface area contributed by atoms with Gasteiger partial charge in [0.25, 0.3) is 0 Å². The van der Waals surface area contributed by atoms with Crippen molar-refractivity contribution >= 4 is 5.69 Å². The Balaban J connectivity index is 0.000000132. The molecule has 0 aliphatic heterocycles. The maximum atomic E-state index is 5.36. The lowest BCUT2D eigenvalue weighted by molar-refractivity contribution is 0.612. The van der Waals surface area contributed by atoms with Crippen molar-refractivity contribution in [1.82, 2.24) is 0 Å². The topological polar surface area (TPSA) is 26.0 Å². The van der Waals surface area contributed by atoms with Crippen molar-refractivity contribution < 1.29 is 0 Å². The van der Waals surface area contributed by atoms with Crippen LogP contribution < -0.4 is 5.73 Å². The van der Waals surface area contributed by atoms with Crippen LogP contribution in [0.25, 0.3) is 0 Å². The largest absolute Gasteiger partial charge is 0.399 e. The van der Waals surface area contributed by atoms with Crippen LogP contribution in [-0.2, 0) is 0 Å². The SMILES string of the molecule is CC1CCCC1.Nc1ccccc1. The van der Waals surface area contributed by atoms with Crippen LogP contribution in [0, 0.1) is 5.92 Å². The first-order valence-electron chi connectivity index (χ1n) is 5.09. The number of nitrogens with two attached hydrogens (primary N) is 1. The lowest BCUT2D eigenvalue weighted by Crippen LogP contribution is -1.79. The molecule has 1 heteroatoms. The Hall–Kier alpha value is -0.980. The zero-order valence-electron chi connectivity index (χ0n) is 8.37. The van der Waals surface area contributed by atoms with Gasteiger partial charge in [-0.3, -0.25) is 0 Å². The zero-order valence-corrected chi connectivity index (χ0v) is 8.37. The molecule has 0 amide bonds. The van der Waals surface area contributed by atoms with Gasteiger partial charge in [0.2, 0.25) is 0 Å². The Morgan fingerprint density at radius 3 is 1.85 bits per heavy atom. The molecule has 0 atom stereocenters. The molecule has 1 fully saturated rings. The molecule has 72 valence electrons. The Morgan fingerprint density at radius 2 is 1.62 bits per heavy atom. The van der Waals surface area contributed by atoms with Crippen molar-refractivity contribution in [1.29, 1.82) is 0 Å². The molecule has 13 heavy (non-hydrogen) atoms. The van der Waals surface area contributed by atoms with Crippen LogP contribution in [0.15, 0.2) is 30.3 Å². The van der Waals surface area contributed by atoms with Gasteiger partial charge in [-0.1, -0.05) is 50.8 Å². The number of hydrogen-bond acceptors (Lipinski definition) is 1. The number of hydrogen-bond donors (Lipinski definition) is 1. The Labute approximate surface area is 81.0 Å². The number of benzene rings is 1. The fourth-order valence-electron chi connectivity index (χ4n) is 1.58. The lowest BCUT2D eigenvalue weighted by Gasteiger charge is -1.91. The smallest absolute Gasteiger partial charge is 0.0313 e. The van der Waals surface area contributed by atoms with E-state index in [0.29, 0.717) is 0 Å². The Bertz CT molecular complexity index is 212. The van der Waals surface area contributed by atoms with Crippen molar-refractivity contribution in [3.63, 3.8) is 0 Å². The third-order valence-corrected chi connectivity index (χ3v) is 2.44. The highest BCUT2D eigenvalue weighted by molar-refractivity contribution is 5.35. The Kier molecular flexibility index (Phi) is 4.37. The van der Waals surface area contributed by atoms with Gasteiger partial charge in [0.15, 0.2) is 0 Å². The van der Waals surface area contributed by atoms with Gasteiger partial charge in [0.05, 0.1) is 0 Å². The summed E-state index contributed by atoms with van der Waals surface area (Å²) in [6.45, 7) is 2.34. The minimum Gasteiger partial charge on any atom is -0.399 e. The van der Waals surface area contributed by atoms with Crippen molar-refractivity contribution in [2.75, 3.05) is 5.73 Å². The molecule has 0 bridgehead atoms. The highest BCUT2D eigenvalue weighted by Gasteiger charge is 2.07. The summed E-state index contributed by atoms with van der Waals surface area (Å²) in [5, 5.41) is 0. The molecule has 0 unspecified atom stereocenters. The van der Waals surface area contributed by atoms with E-state index in [0.717, 1.165) is 11.6 Å². The van der Waals surface area contributed by atoms with E-state index in [2.05, 4.69) is 6.92 Å². The standard InChI is InChI=1S/C6H7N.C6H12/c7-6-4-2-1-3-5-6;1-6-4-2-3-5-6/h1-5H,7H2;6H,2-5H2,1H3. The highest BCUT2D eigenvalue weighted by Crippen LogP contribution is 2.22. The summed E-state index contributed by atoms with van der Waals surface area (Å²) in [5.41, 5.74) is 6.18. The Morgan fingerprint density at radius 1 is 1.08 bits per heavy atom. The van der Waals surface area contributed by atoms with Gasteiger partial charge in [-0.2, -0.15) is 0 Å². The molecule has 1 aliphatic rings. The normalized spacial score (nSPS) is 16.4. The molecular weight excluding hydrogens is 158 g/mol. The third kappa shape index (κ3) is 4.56. The molecule has 0 saturated heterocycles. The van der Waals surface area contributed by atoms with Crippen LogP contribution in [0.1, 0.15) is 32.6 Å². The van der Waals surface area contributed by atoms with Gasteiger partial charge in [0, 0.05) is 5.69 Å². The molecule has 1 saturated carbocycles. The van der Waals surface area contributed by atoms with E-state index in [1.165, 1.54) is 25.7 Å². The summed E-state index contributed by atoms with van der Waals surface area (Å²) in [5.74, 6) is 1.05. The number of para-hydroxylation sites is 1. The minimum absolute atomic E-state index is 0.822. The molecule has 0 radical (unpaired) electrons. The van der Waals surface area contributed by atoms with Gasteiger partial charge in [-0.25, -0.2) is 0 Å². The second-order valence-corrected chi connectivity index (χ2v) is 3.80. The molecule has 2 N–H and O–H groups in total. The monoisotopic (exact) mass is 177 g/mol. The van der Waals surface area contributed by atoms with Crippen LogP contribution in [0.5, 0.6) is 0 Å². The average Bonchev–Trinajstić information content (AvgIpc) is 2.58. The van der Waals surface area contributed by atoms with Crippen molar-refractivity contribution in [2.24, 2.45) is 5.92 Å². The summed E-state index contributed by atoms with van der Waals surface area (Å²) < 4.78 is 0. The summed E-state index contributed by atoms with van der Waals surface area (Å²) in [4.78, 5) is 0. The molecule has 0 spiro atoms. The van der Waals surface area contributed by atoms with Crippen LogP contribution >= 0.6 is 0 Å². The van der Waals surface area contributed by atoms with E-state index < -0.39 is 0 Å². The summed E-state index contributed by atoms with van der Waals surface area (Å²) >= 11 is 0. The zero-order chi connectivity index (χ0) is 9.52. The van der Waals surface area contributed by atoms with E-state index >= 15 is 0 Å². The van der Waals surface area contributed by atoms with Crippen molar-refractivity contribution in [2.45, 2.75) is 32.6 Å². The minimum atomic E-state index is 0.822. The number of anilines is 1. The van der Waals surface area contributed by atoms with E-state index in [1.54, 1.807) is 0 Å². The fourth-order valence-corrected chi connectivity index (χ4v) is 1.58. The van der Waals surface area contributed by atoms with E-state index in [1.807, 2.05) is 30.3 Å².